The van der Waals surface area contributed by atoms with Crippen LogP contribution in [0.5, 0.6) is 5.75 Å². The third kappa shape index (κ3) is 3.26. The minimum absolute atomic E-state index is 0.240. The van der Waals surface area contributed by atoms with E-state index in [4.69, 9.17) is 9.47 Å². The first-order chi connectivity index (χ1) is 10.9. The molecule has 0 saturated heterocycles. The average molecular weight is 319 g/mol. The molecule has 0 radical (unpaired) electrons. The first kappa shape index (κ1) is 16.7. The van der Waals surface area contributed by atoms with Crippen LogP contribution in [0.4, 0.5) is 4.39 Å². The van der Waals surface area contributed by atoms with E-state index in [0.29, 0.717) is 22.5 Å². The van der Waals surface area contributed by atoms with Crippen molar-refractivity contribution >= 4 is 11.8 Å². The van der Waals surface area contributed by atoms with Gasteiger partial charge in [-0.3, -0.25) is 4.79 Å². The Hall–Kier alpha value is -2.63. The highest BCUT2D eigenvalue weighted by atomic mass is 19.1. The van der Waals surface area contributed by atoms with Crippen molar-refractivity contribution in [3.63, 3.8) is 0 Å². The summed E-state index contributed by atoms with van der Waals surface area (Å²) in [6, 6.07) is 5.57. The molecule has 0 unspecified atom stereocenters. The standard InChI is InChI=1S/C17H18FNO4/c1-10-15(11(2)19(3)16(10)17(21)22-4)14(20)9-23-13-7-5-6-12(18)8-13/h5-8H,9H2,1-4H3. The van der Waals surface area contributed by atoms with E-state index in [1.807, 2.05) is 0 Å². The molecule has 5 nitrogen and oxygen atoms in total. The van der Waals surface area contributed by atoms with Gasteiger partial charge in [-0.2, -0.15) is 0 Å². The summed E-state index contributed by atoms with van der Waals surface area (Å²) < 4.78 is 24.8. The predicted molar refractivity (Wildman–Crippen MR) is 82.5 cm³/mol. The topological polar surface area (TPSA) is 57.5 Å². The van der Waals surface area contributed by atoms with Gasteiger partial charge in [-0.15, -0.1) is 0 Å². The van der Waals surface area contributed by atoms with E-state index in [1.165, 1.54) is 25.3 Å². The van der Waals surface area contributed by atoms with E-state index in [2.05, 4.69) is 0 Å². The predicted octanol–water partition coefficient (Wildman–Crippen LogP) is 2.83. The molecule has 0 N–H and O–H groups in total. The van der Waals surface area contributed by atoms with Crippen molar-refractivity contribution in [1.82, 2.24) is 4.57 Å². The van der Waals surface area contributed by atoms with Gasteiger partial charge in [-0.25, -0.2) is 9.18 Å². The van der Waals surface area contributed by atoms with Gasteiger partial charge in [-0.1, -0.05) is 6.07 Å². The summed E-state index contributed by atoms with van der Waals surface area (Å²) in [5.41, 5.74) is 1.95. The molecular formula is C17H18FNO4. The van der Waals surface area contributed by atoms with Gasteiger partial charge in [0, 0.05) is 24.4 Å². The first-order valence-corrected chi connectivity index (χ1v) is 7.02. The summed E-state index contributed by atoms with van der Waals surface area (Å²) in [7, 11) is 2.98. The number of methoxy groups -OCH3 is 1. The van der Waals surface area contributed by atoms with Gasteiger partial charge >= 0.3 is 5.97 Å². The molecule has 0 aliphatic carbocycles. The molecule has 0 bridgehead atoms. The number of hydrogen-bond donors (Lipinski definition) is 0. The van der Waals surface area contributed by atoms with Gasteiger partial charge in [0.2, 0.25) is 5.78 Å². The molecule has 1 heterocycles. The van der Waals surface area contributed by atoms with Crippen LogP contribution >= 0.6 is 0 Å². The van der Waals surface area contributed by atoms with Crippen LogP contribution < -0.4 is 4.74 Å². The molecular weight excluding hydrogens is 301 g/mol. The molecule has 0 aliphatic rings. The Bertz CT molecular complexity index is 764. The lowest BCUT2D eigenvalue weighted by Crippen LogP contribution is -2.13. The molecule has 0 aliphatic heterocycles. The second kappa shape index (κ2) is 6.64. The molecule has 2 aromatic rings. The van der Waals surface area contributed by atoms with Crippen molar-refractivity contribution in [2.24, 2.45) is 7.05 Å². The fraction of sp³-hybridized carbons (Fsp3) is 0.294. The number of carbonyl (C=O) groups excluding carboxylic acids is 2. The Morgan fingerprint density at radius 1 is 1.26 bits per heavy atom. The monoisotopic (exact) mass is 319 g/mol. The number of hydrogen-bond acceptors (Lipinski definition) is 4. The Labute approximate surface area is 133 Å². The van der Waals surface area contributed by atoms with Crippen LogP contribution in [0.2, 0.25) is 0 Å². The fourth-order valence-corrected chi connectivity index (χ4v) is 2.55. The summed E-state index contributed by atoms with van der Waals surface area (Å²) in [5, 5.41) is 0. The zero-order valence-electron chi connectivity index (χ0n) is 13.5. The van der Waals surface area contributed by atoms with Crippen LogP contribution in [0.3, 0.4) is 0 Å². The van der Waals surface area contributed by atoms with Gasteiger partial charge in [-0.05, 0) is 31.5 Å². The number of esters is 1. The molecule has 1 aromatic heterocycles. The zero-order valence-corrected chi connectivity index (χ0v) is 13.5. The molecule has 0 saturated carbocycles. The SMILES string of the molecule is COC(=O)c1c(C)c(C(=O)COc2cccc(F)c2)c(C)n1C. The Morgan fingerprint density at radius 3 is 2.57 bits per heavy atom. The van der Waals surface area contributed by atoms with E-state index < -0.39 is 11.8 Å². The number of nitrogens with zero attached hydrogens (tertiary/aromatic N) is 1. The van der Waals surface area contributed by atoms with Crippen molar-refractivity contribution in [2.75, 3.05) is 13.7 Å². The summed E-state index contributed by atoms with van der Waals surface area (Å²) in [6.07, 6.45) is 0. The summed E-state index contributed by atoms with van der Waals surface area (Å²) in [5.74, 6) is -0.944. The number of rotatable bonds is 5. The maximum absolute atomic E-state index is 13.1. The first-order valence-electron chi connectivity index (χ1n) is 7.02. The smallest absolute Gasteiger partial charge is 0.354 e. The normalized spacial score (nSPS) is 10.5. The third-order valence-corrected chi connectivity index (χ3v) is 3.75. The Balaban J connectivity index is 2.24. The maximum Gasteiger partial charge on any atom is 0.354 e. The molecule has 0 spiro atoms. The quantitative estimate of drug-likeness (QED) is 0.628. The Morgan fingerprint density at radius 2 is 1.96 bits per heavy atom. The van der Waals surface area contributed by atoms with Crippen molar-refractivity contribution in [3.05, 3.63) is 52.6 Å². The highest BCUT2D eigenvalue weighted by Crippen LogP contribution is 2.23. The largest absolute Gasteiger partial charge is 0.485 e. The summed E-state index contributed by atoms with van der Waals surface area (Å²) >= 11 is 0. The number of benzene rings is 1. The average Bonchev–Trinajstić information content (AvgIpc) is 2.74. The van der Waals surface area contributed by atoms with Crippen molar-refractivity contribution in [1.29, 1.82) is 0 Å². The lowest BCUT2D eigenvalue weighted by atomic mass is 10.1. The van der Waals surface area contributed by atoms with Gasteiger partial charge in [0.15, 0.2) is 6.61 Å². The van der Waals surface area contributed by atoms with Crippen LogP contribution in [-0.2, 0) is 11.8 Å². The Kier molecular flexibility index (Phi) is 4.83. The second-order valence-electron chi connectivity index (χ2n) is 5.15. The van der Waals surface area contributed by atoms with Crippen molar-refractivity contribution < 1.29 is 23.5 Å². The van der Waals surface area contributed by atoms with Gasteiger partial charge in [0.1, 0.15) is 17.3 Å². The molecule has 0 atom stereocenters. The highest BCUT2D eigenvalue weighted by Gasteiger charge is 2.25. The number of carbonyl (C=O) groups is 2. The van der Waals surface area contributed by atoms with Crippen LogP contribution in [-0.4, -0.2) is 30.0 Å². The van der Waals surface area contributed by atoms with E-state index >= 15 is 0 Å². The molecule has 122 valence electrons. The van der Waals surface area contributed by atoms with E-state index in [1.54, 1.807) is 31.5 Å². The van der Waals surface area contributed by atoms with E-state index in [-0.39, 0.29) is 18.1 Å². The molecule has 1 aromatic carbocycles. The third-order valence-electron chi connectivity index (χ3n) is 3.75. The van der Waals surface area contributed by atoms with Crippen LogP contribution in [0, 0.1) is 19.7 Å². The maximum atomic E-state index is 13.1. The van der Waals surface area contributed by atoms with Gasteiger partial charge in [0.25, 0.3) is 0 Å². The van der Waals surface area contributed by atoms with Crippen LogP contribution in [0.1, 0.15) is 32.1 Å². The number of Topliss-reactive ketones (excluding diaryl/α,β-unsaturated/α-hetero) is 1. The van der Waals surface area contributed by atoms with Gasteiger partial charge in [0.05, 0.1) is 7.11 Å². The summed E-state index contributed by atoms with van der Waals surface area (Å²) in [4.78, 5) is 24.3. The second-order valence-corrected chi connectivity index (χ2v) is 5.15. The zero-order chi connectivity index (χ0) is 17.1. The molecule has 6 heteroatoms. The lowest BCUT2D eigenvalue weighted by molar-refractivity contribution is 0.0588. The number of ketones is 1. The number of ether oxygens (including phenoxy) is 2. The lowest BCUT2D eigenvalue weighted by Gasteiger charge is -2.06. The van der Waals surface area contributed by atoms with Crippen molar-refractivity contribution in [2.45, 2.75) is 13.8 Å². The minimum atomic E-state index is -0.502. The fourth-order valence-electron chi connectivity index (χ4n) is 2.55. The summed E-state index contributed by atoms with van der Waals surface area (Å²) in [6.45, 7) is 3.19. The van der Waals surface area contributed by atoms with E-state index in [9.17, 15) is 14.0 Å². The highest BCUT2D eigenvalue weighted by molar-refractivity contribution is 6.03. The molecule has 2 rings (SSSR count). The minimum Gasteiger partial charge on any atom is -0.485 e. The van der Waals surface area contributed by atoms with Crippen LogP contribution in [0.25, 0.3) is 0 Å². The van der Waals surface area contributed by atoms with Crippen molar-refractivity contribution in [3.8, 4) is 5.75 Å². The van der Waals surface area contributed by atoms with Crippen LogP contribution in [0.15, 0.2) is 24.3 Å². The molecule has 0 amide bonds. The van der Waals surface area contributed by atoms with Gasteiger partial charge < -0.3 is 14.0 Å². The number of halogens is 1. The molecule has 0 fully saturated rings. The van der Waals surface area contributed by atoms with E-state index in [0.717, 1.165) is 0 Å². The molecule has 23 heavy (non-hydrogen) atoms. The number of aromatic nitrogens is 1.